The first-order valence-electron chi connectivity index (χ1n) is 4.23. The summed E-state index contributed by atoms with van der Waals surface area (Å²) in [5.41, 5.74) is 5.77. The zero-order valence-electron chi connectivity index (χ0n) is 7.68. The molecule has 0 bridgehead atoms. The maximum absolute atomic E-state index is 13.3. The minimum Gasteiger partial charge on any atom is -0.429 e. The van der Waals surface area contributed by atoms with Gasteiger partial charge < -0.3 is 10.5 Å². The van der Waals surface area contributed by atoms with Crippen LogP contribution in [0.2, 0.25) is 0 Å². The van der Waals surface area contributed by atoms with Crippen molar-refractivity contribution in [1.29, 1.82) is 0 Å². The van der Waals surface area contributed by atoms with Crippen molar-refractivity contribution >= 4 is 11.5 Å². The van der Waals surface area contributed by atoms with Gasteiger partial charge >= 0.3 is 0 Å². The zero-order valence-corrected chi connectivity index (χ0v) is 8.50. The molecular weight excluding hydrogens is 217 g/mol. The predicted octanol–water partition coefficient (Wildman–Crippen LogP) is 1.93. The number of aromatic nitrogens is 2. The van der Waals surface area contributed by atoms with Gasteiger partial charge in [-0.3, -0.25) is 0 Å². The van der Waals surface area contributed by atoms with Crippen LogP contribution in [0, 0.1) is 5.82 Å². The van der Waals surface area contributed by atoms with E-state index in [1.807, 2.05) is 0 Å². The van der Waals surface area contributed by atoms with E-state index < -0.39 is 0 Å². The van der Waals surface area contributed by atoms with E-state index in [-0.39, 0.29) is 12.4 Å². The molecule has 0 saturated carbocycles. The van der Waals surface area contributed by atoms with Gasteiger partial charge in [0.25, 0.3) is 5.19 Å². The molecule has 0 amide bonds. The molecule has 0 spiro atoms. The summed E-state index contributed by atoms with van der Waals surface area (Å²) in [6, 6.07) is 4.55. The maximum Gasteiger partial charge on any atom is 0.298 e. The van der Waals surface area contributed by atoms with Crippen LogP contribution in [0.25, 0.3) is 0 Å². The highest BCUT2D eigenvalue weighted by Crippen LogP contribution is 2.26. The number of rotatable bonds is 3. The number of nitrogens with zero attached hydrogens (tertiary/aromatic N) is 2. The molecular formula is C9H8FN3OS. The van der Waals surface area contributed by atoms with Crippen molar-refractivity contribution in [2.24, 2.45) is 5.73 Å². The molecule has 1 heterocycles. The molecule has 0 aliphatic rings. The smallest absolute Gasteiger partial charge is 0.298 e. The number of nitrogens with two attached hydrogens (primary N) is 1. The third-order valence-corrected chi connectivity index (χ3v) is 2.36. The minimum atomic E-state index is -0.375. The Morgan fingerprint density at radius 3 is 3.00 bits per heavy atom. The molecule has 2 rings (SSSR count). The van der Waals surface area contributed by atoms with E-state index in [1.54, 1.807) is 12.1 Å². The Labute approximate surface area is 89.7 Å². The molecule has 2 aromatic rings. The van der Waals surface area contributed by atoms with Crippen LogP contribution in [0.1, 0.15) is 5.56 Å². The number of ether oxygens (including phenoxy) is 1. The van der Waals surface area contributed by atoms with Crippen molar-refractivity contribution in [2.75, 3.05) is 0 Å². The van der Waals surface area contributed by atoms with Gasteiger partial charge in [0.1, 0.15) is 17.9 Å². The summed E-state index contributed by atoms with van der Waals surface area (Å²) in [5.74, 6) is 0.00812. The van der Waals surface area contributed by atoms with E-state index in [2.05, 4.69) is 9.36 Å². The summed E-state index contributed by atoms with van der Waals surface area (Å²) in [6.45, 7) is 0.0841. The first kappa shape index (κ1) is 10.0. The second-order valence-corrected chi connectivity index (χ2v) is 3.47. The second-order valence-electron chi connectivity index (χ2n) is 2.73. The largest absolute Gasteiger partial charge is 0.429 e. The molecule has 0 unspecified atom stereocenters. The molecule has 0 aliphatic carbocycles. The molecule has 15 heavy (non-hydrogen) atoms. The Morgan fingerprint density at radius 2 is 2.33 bits per heavy atom. The van der Waals surface area contributed by atoms with Gasteiger partial charge in [-0.25, -0.2) is 4.39 Å². The highest BCUT2D eigenvalue weighted by atomic mass is 32.1. The average Bonchev–Trinajstić information content (AvgIpc) is 2.71. The van der Waals surface area contributed by atoms with Gasteiger partial charge in [-0.15, -0.1) is 0 Å². The predicted molar refractivity (Wildman–Crippen MR) is 54.3 cm³/mol. The summed E-state index contributed by atoms with van der Waals surface area (Å²) < 4.78 is 22.4. The lowest BCUT2D eigenvalue weighted by Crippen LogP contribution is -2.02. The summed E-state index contributed by atoms with van der Waals surface area (Å²) in [5, 5.41) is 0.371. The molecule has 1 aromatic carbocycles. The van der Waals surface area contributed by atoms with Crippen LogP contribution < -0.4 is 10.5 Å². The molecule has 0 saturated heterocycles. The molecule has 0 fully saturated rings. The minimum absolute atomic E-state index is 0.0841. The Balaban J connectivity index is 2.32. The van der Waals surface area contributed by atoms with Crippen molar-refractivity contribution in [3.8, 4) is 10.9 Å². The summed E-state index contributed by atoms with van der Waals surface area (Å²) >= 11 is 1.10. The van der Waals surface area contributed by atoms with Gasteiger partial charge in [0.15, 0.2) is 0 Å². The Morgan fingerprint density at radius 1 is 1.47 bits per heavy atom. The summed E-state index contributed by atoms with van der Waals surface area (Å²) in [4.78, 5) is 3.84. The lowest BCUT2D eigenvalue weighted by molar-refractivity contribution is 0.464. The fraction of sp³-hybridized carbons (Fsp3) is 0.111. The third-order valence-electron chi connectivity index (χ3n) is 1.82. The van der Waals surface area contributed by atoms with Crippen LogP contribution in [0.15, 0.2) is 24.5 Å². The highest BCUT2D eigenvalue weighted by Gasteiger charge is 2.09. The molecule has 1 aromatic heterocycles. The first-order chi connectivity index (χ1) is 7.31. The van der Waals surface area contributed by atoms with E-state index >= 15 is 0 Å². The number of halogens is 1. The Hall–Kier alpha value is -1.53. The van der Waals surface area contributed by atoms with Crippen LogP contribution in [0.4, 0.5) is 4.39 Å². The normalized spacial score (nSPS) is 10.3. The van der Waals surface area contributed by atoms with Gasteiger partial charge in [-0.05, 0) is 12.1 Å². The second kappa shape index (κ2) is 4.33. The first-order valence-corrected chi connectivity index (χ1v) is 5.00. The fourth-order valence-electron chi connectivity index (χ4n) is 1.13. The van der Waals surface area contributed by atoms with Crippen LogP contribution >= 0.6 is 11.5 Å². The average molecular weight is 225 g/mol. The van der Waals surface area contributed by atoms with Crippen molar-refractivity contribution in [3.05, 3.63) is 35.9 Å². The monoisotopic (exact) mass is 225 g/mol. The highest BCUT2D eigenvalue weighted by molar-refractivity contribution is 7.07. The third kappa shape index (κ3) is 2.11. The fourth-order valence-corrected chi connectivity index (χ4v) is 1.54. The maximum atomic E-state index is 13.3. The SMILES string of the molecule is NCc1c(F)cccc1Oc1ncns1. The van der Waals surface area contributed by atoms with Crippen LogP contribution in [0.3, 0.4) is 0 Å². The molecule has 4 nitrogen and oxygen atoms in total. The van der Waals surface area contributed by atoms with E-state index in [9.17, 15) is 4.39 Å². The summed E-state index contributed by atoms with van der Waals surface area (Å²) in [6.07, 6.45) is 1.38. The van der Waals surface area contributed by atoms with E-state index in [0.717, 1.165) is 11.5 Å². The van der Waals surface area contributed by atoms with Crippen molar-refractivity contribution in [3.63, 3.8) is 0 Å². The van der Waals surface area contributed by atoms with Gasteiger partial charge in [-0.1, -0.05) is 6.07 Å². The molecule has 0 atom stereocenters. The number of benzene rings is 1. The van der Waals surface area contributed by atoms with Crippen molar-refractivity contribution in [1.82, 2.24) is 9.36 Å². The van der Waals surface area contributed by atoms with Gasteiger partial charge in [-0.2, -0.15) is 9.36 Å². The van der Waals surface area contributed by atoms with Crippen LogP contribution in [-0.2, 0) is 6.54 Å². The van der Waals surface area contributed by atoms with Crippen molar-refractivity contribution < 1.29 is 9.13 Å². The Bertz CT molecular complexity index is 447. The molecule has 78 valence electrons. The summed E-state index contributed by atoms with van der Waals surface area (Å²) in [7, 11) is 0. The molecule has 0 aliphatic heterocycles. The molecule has 0 radical (unpaired) electrons. The van der Waals surface area contributed by atoms with Crippen LogP contribution in [-0.4, -0.2) is 9.36 Å². The number of hydrogen-bond donors (Lipinski definition) is 1. The lowest BCUT2D eigenvalue weighted by Gasteiger charge is -2.07. The van der Waals surface area contributed by atoms with E-state index in [1.165, 1.54) is 12.4 Å². The van der Waals surface area contributed by atoms with Gasteiger partial charge in [0.05, 0.1) is 0 Å². The standard InChI is InChI=1S/C9H8FN3OS/c10-7-2-1-3-8(6(7)4-11)14-9-12-5-13-15-9/h1-3,5H,4,11H2. The quantitative estimate of drug-likeness (QED) is 0.867. The Kier molecular flexibility index (Phi) is 2.89. The lowest BCUT2D eigenvalue weighted by atomic mass is 10.2. The number of hydrogen-bond acceptors (Lipinski definition) is 5. The van der Waals surface area contributed by atoms with Crippen molar-refractivity contribution in [2.45, 2.75) is 6.54 Å². The van der Waals surface area contributed by atoms with Gasteiger partial charge in [0.2, 0.25) is 0 Å². The van der Waals surface area contributed by atoms with Crippen LogP contribution in [0.5, 0.6) is 10.9 Å². The van der Waals surface area contributed by atoms with Gasteiger partial charge in [0, 0.05) is 23.6 Å². The van der Waals surface area contributed by atoms with E-state index in [0.29, 0.717) is 16.5 Å². The molecule has 2 N–H and O–H groups in total. The molecule has 6 heteroatoms. The topological polar surface area (TPSA) is 61.0 Å². The zero-order chi connectivity index (χ0) is 10.7. The van der Waals surface area contributed by atoms with E-state index in [4.69, 9.17) is 10.5 Å².